The molecule has 1 aliphatic heterocycles. The molecule has 0 bridgehead atoms. The molecule has 122 valence electrons. The van der Waals surface area contributed by atoms with E-state index in [0.29, 0.717) is 5.56 Å². The van der Waals surface area contributed by atoms with Gasteiger partial charge in [-0.2, -0.15) is 13.2 Å². The summed E-state index contributed by atoms with van der Waals surface area (Å²) in [5, 5.41) is 0. The van der Waals surface area contributed by atoms with Crippen LogP contribution in [0.1, 0.15) is 22.3 Å². The number of benzene rings is 2. The molecular formula is C18H12F3NO2. The van der Waals surface area contributed by atoms with Crippen LogP contribution in [0.4, 0.5) is 13.2 Å². The van der Waals surface area contributed by atoms with Crippen molar-refractivity contribution >= 4 is 17.9 Å². The summed E-state index contributed by atoms with van der Waals surface area (Å²) in [6.45, 7) is 1.87. The number of aliphatic imine (C=N–C) groups is 1. The van der Waals surface area contributed by atoms with E-state index < -0.39 is 17.7 Å². The SMILES string of the molecule is Cc1cccc(C2=NC(=Cc3ccccc3C(F)(F)F)C(=O)O2)c1. The van der Waals surface area contributed by atoms with E-state index in [1.54, 1.807) is 18.2 Å². The number of rotatable bonds is 2. The van der Waals surface area contributed by atoms with Crippen molar-refractivity contribution in [3.8, 4) is 0 Å². The number of aryl methyl sites for hydroxylation is 1. The molecule has 3 nitrogen and oxygen atoms in total. The van der Waals surface area contributed by atoms with Gasteiger partial charge in [-0.15, -0.1) is 0 Å². The second-order valence-corrected chi connectivity index (χ2v) is 5.29. The third-order valence-corrected chi connectivity index (χ3v) is 3.44. The number of ether oxygens (including phenoxy) is 1. The molecule has 0 unspecified atom stereocenters. The van der Waals surface area contributed by atoms with Crippen LogP contribution in [0.25, 0.3) is 6.08 Å². The standard InChI is InChI=1S/C18H12F3NO2/c1-11-5-4-7-13(9-11)16-22-15(17(23)24-16)10-12-6-2-3-8-14(12)18(19,20)21/h2-10H,1H3. The van der Waals surface area contributed by atoms with Crippen LogP contribution in [0.3, 0.4) is 0 Å². The first kappa shape index (κ1) is 16.0. The maximum atomic E-state index is 13.0. The Morgan fingerprint density at radius 2 is 1.83 bits per heavy atom. The van der Waals surface area contributed by atoms with Crippen LogP contribution in [-0.2, 0) is 15.7 Å². The van der Waals surface area contributed by atoms with Crippen LogP contribution in [0.5, 0.6) is 0 Å². The molecule has 0 fully saturated rings. The fourth-order valence-electron chi connectivity index (χ4n) is 2.34. The Morgan fingerprint density at radius 1 is 1.08 bits per heavy atom. The molecule has 2 aromatic carbocycles. The van der Waals surface area contributed by atoms with E-state index >= 15 is 0 Å². The number of hydrogen-bond donors (Lipinski definition) is 0. The van der Waals surface area contributed by atoms with Crippen molar-refractivity contribution in [3.63, 3.8) is 0 Å². The molecule has 0 saturated carbocycles. The molecule has 0 spiro atoms. The molecule has 3 rings (SSSR count). The first-order chi connectivity index (χ1) is 11.3. The highest BCUT2D eigenvalue weighted by molar-refractivity contribution is 6.12. The van der Waals surface area contributed by atoms with Crippen molar-refractivity contribution in [1.29, 1.82) is 0 Å². The minimum Gasteiger partial charge on any atom is -0.402 e. The Kier molecular flexibility index (Phi) is 3.97. The lowest BCUT2D eigenvalue weighted by Crippen LogP contribution is -2.08. The molecule has 6 heteroatoms. The van der Waals surface area contributed by atoms with Gasteiger partial charge in [-0.3, -0.25) is 0 Å². The van der Waals surface area contributed by atoms with Crippen LogP contribution in [0, 0.1) is 6.92 Å². The molecule has 0 aromatic heterocycles. The van der Waals surface area contributed by atoms with Gasteiger partial charge in [0.2, 0.25) is 5.90 Å². The summed E-state index contributed by atoms with van der Waals surface area (Å²) in [5.74, 6) is -0.692. The number of halogens is 3. The molecule has 0 atom stereocenters. The Bertz CT molecular complexity index is 867. The van der Waals surface area contributed by atoms with Crippen molar-refractivity contribution in [2.24, 2.45) is 4.99 Å². The first-order valence-corrected chi connectivity index (χ1v) is 7.10. The molecule has 0 amide bonds. The summed E-state index contributed by atoms with van der Waals surface area (Å²) in [5.41, 5.74) is 0.417. The molecule has 24 heavy (non-hydrogen) atoms. The Morgan fingerprint density at radius 3 is 2.54 bits per heavy atom. The van der Waals surface area contributed by atoms with Gasteiger partial charge in [0, 0.05) is 5.56 Å². The maximum absolute atomic E-state index is 13.0. The lowest BCUT2D eigenvalue weighted by Gasteiger charge is -2.09. The zero-order valence-electron chi connectivity index (χ0n) is 12.6. The van der Waals surface area contributed by atoms with Gasteiger partial charge in [0.1, 0.15) is 0 Å². The van der Waals surface area contributed by atoms with E-state index in [-0.39, 0.29) is 17.2 Å². The fourth-order valence-corrected chi connectivity index (χ4v) is 2.34. The Labute approximate surface area is 136 Å². The second-order valence-electron chi connectivity index (χ2n) is 5.29. The summed E-state index contributed by atoms with van der Waals surface area (Å²) < 4.78 is 44.1. The van der Waals surface area contributed by atoms with Gasteiger partial charge in [0.25, 0.3) is 0 Å². The highest BCUT2D eigenvalue weighted by Gasteiger charge is 2.33. The fraction of sp³-hybridized carbons (Fsp3) is 0.111. The van der Waals surface area contributed by atoms with E-state index in [0.717, 1.165) is 17.7 Å². The number of esters is 1. The summed E-state index contributed by atoms with van der Waals surface area (Å²) in [6, 6.07) is 12.1. The third-order valence-electron chi connectivity index (χ3n) is 3.44. The predicted octanol–water partition coefficient (Wildman–Crippen LogP) is 4.36. The summed E-state index contributed by atoms with van der Waals surface area (Å²) in [6.07, 6.45) is -3.42. The highest BCUT2D eigenvalue weighted by atomic mass is 19.4. The zero-order valence-corrected chi connectivity index (χ0v) is 12.6. The predicted molar refractivity (Wildman–Crippen MR) is 83.2 cm³/mol. The van der Waals surface area contributed by atoms with Crippen LogP contribution in [-0.4, -0.2) is 11.9 Å². The van der Waals surface area contributed by atoms with Gasteiger partial charge in [0.15, 0.2) is 5.70 Å². The van der Waals surface area contributed by atoms with Crippen LogP contribution < -0.4 is 0 Å². The maximum Gasteiger partial charge on any atom is 0.416 e. The second kappa shape index (κ2) is 5.96. The van der Waals surface area contributed by atoms with E-state index in [2.05, 4.69) is 4.99 Å². The average molecular weight is 331 g/mol. The molecule has 0 N–H and O–H groups in total. The van der Waals surface area contributed by atoms with Gasteiger partial charge in [0.05, 0.1) is 5.56 Å². The molecule has 1 aliphatic rings. The van der Waals surface area contributed by atoms with Crippen LogP contribution >= 0.6 is 0 Å². The topological polar surface area (TPSA) is 38.7 Å². The number of carbonyl (C=O) groups excluding carboxylic acids is 1. The van der Waals surface area contributed by atoms with Crippen molar-refractivity contribution in [2.45, 2.75) is 13.1 Å². The third kappa shape index (κ3) is 3.22. The molecule has 0 saturated heterocycles. The van der Waals surface area contributed by atoms with E-state index in [1.165, 1.54) is 18.2 Å². The molecule has 0 aliphatic carbocycles. The molecule has 0 radical (unpaired) electrons. The van der Waals surface area contributed by atoms with Crippen LogP contribution in [0.15, 0.2) is 59.2 Å². The summed E-state index contributed by atoms with van der Waals surface area (Å²) in [4.78, 5) is 16.0. The highest BCUT2D eigenvalue weighted by Crippen LogP contribution is 2.33. The largest absolute Gasteiger partial charge is 0.416 e. The van der Waals surface area contributed by atoms with Gasteiger partial charge < -0.3 is 4.74 Å². The number of cyclic esters (lactones) is 1. The summed E-state index contributed by atoms with van der Waals surface area (Å²) >= 11 is 0. The number of hydrogen-bond acceptors (Lipinski definition) is 3. The number of nitrogens with zero attached hydrogens (tertiary/aromatic N) is 1. The number of carbonyl (C=O) groups is 1. The summed E-state index contributed by atoms with van der Waals surface area (Å²) in [7, 11) is 0. The van der Waals surface area contributed by atoms with Gasteiger partial charge in [-0.05, 0) is 36.8 Å². The first-order valence-electron chi connectivity index (χ1n) is 7.10. The van der Waals surface area contributed by atoms with Crippen molar-refractivity contribution in [2.75, 3.05) is 0 Å². The average Bonchev–Trinajstić information content (AvgIpc) is 2.88. The zero-order chi connectivity index (χ0) is 17.3. The van der Waals surface area contributed by atoms with E-state index in [4.69, 9.17) is 4.74 Å². The quantitative estimate of drug-likeness (QED) is 0.606. The minimum absolute atomic E-state index is 0.0828. The van der Waals surface area contributed by atoms with E-state index in [9.17, 15) is 18.0 Å². The van der Waals surface area contributed by atoms with Crippen molar-refractivity contribution in [1.82, 2.24) is 0 Å². The van der Waals surface area contributed by atoms with Crippen molar-refractivity contribution in [3.05, 3.63) is 76.5 Å². The van der Waals surface area contributed by atoms with Gasteiger partial charge >= 0.3 is 12.1 Å². The normalized spacial score (nSPS) is 16.2. The molecule has 1 heterocycles. The van der Waals surface area contributed by atoms with Gasteiger partial charge in [-0.25, -0.2) is 9.79 Å². The van der Waals surface area contributed by atoms with Crippen LogP contribution in [0.2, 0.25) is 0 Å². The minimum atomic E-state index is -4.51. The number of alkyl halides is 3. The Hall–Kier alpha value is -2.89. The lowest BCUT2D eigenvalue weighted by molar-refractivity contribution is -0.137. The Balaban J connectivity index is 2.01. The lowest BCUT2D eigenvalue weighted by atomic mass is 10.1. The van der Waals surface area contributed by atoms with Crippen molar-refractivity contribution < 1.29 is 22.7 Å². The van der Waals surface area contributed by atoms with E-state index in [1.807, 2.05) is 13.0 Å². The monoisotopic (exact) mass is 331 g/mol. The molecule has 2 aromatic rings. The smallest absolute Gasteiger partial charge is 0.402 e. The molecular weight excluding hydrogens is 319 g/mol. The van der Waals surface area contributed by atoms with Gasteiger partial charge in [-0.1, -0.05) is 35.9 Å².